The van der Waals surface area contributed by atoms with Crippen molar-refractivity contribution in [1.82, 2.24) is 0 Å². The van der Waals surface area contributed by atoms with E-state index in [4.69, 9.17) is 0 Å². The van der Waals surface area contributed by atoms with Crippen LogP contribution in [0.3, 0.4) is 0 Å². The fourth-order valence-electron chi connectivity index (χ4n) is 1.50. The largest absolute Gasteiger partial charge is 0.278 e. The maximum Gasteiger partial charge on any atom is 0.261 e. The van der Waals surface area contributed by atoms with E-state index in [1.807, 2.05) is 29.5 Å². The molecule has 0 atom stereocenters. The summed E-state index contributed by atoms with van der Waals surface area (Å²) in [6.45, 7) is 1.87. The predicted molar refractivity (Wildman–Crippen MR) is 81.1 cm³/mol. The highest BCUT2D eigenvalue weighted by Crippen LogP contribution is 2.22. The zero-order valence-corrected chi connectivity index (χ0v) is 13.0. The molecule has 0 bridgehead atoms. The molecule has 100 valence electrons. The molecule has 0 amide bonds. The highest BCUT2D eigenvalue weighted by molar-refractivity contribution is 14.1. The van der Waals surface area contributed by atoms with Crippen LogP contribution >= 0.6 is 22.6 Å². The van der Waals surface area contributed by atoms with Gasteiger partial charge in [0.05, 0.1) is 10.6 Å². The Morgan fingerprint density at radius 1 is 1.11 bits per heavy atom. The number of benzene rings is 2. The van der Waals surface area contributed by atoms with Gasteiger partial charge in [-0.05, 0) is 59.8 Å². The Balaban J connectivity index is 2.36. The Hall–Kier alpha value is -1.15. The maximum atomic E-state index is 13.1. The molecule has 6 heteroatoms. The summed E-state index contributed by atoms with van der Waals surface area (Å²) in [7, 11) is -3.69. The lowest BCUT2D eigenvalue weighted by molar-refractivity contribution is 0.601. The molecule has 0 aromatic heterocycles. The Morgan fingerprint density at radius 3 is 2.37 bits per heavy atom. The third-order valence-corrected chi connectivity index (χ3v) is 4.83. The van der Waals surface area contributed by atoms with Crippen LogP contribution in [0.25, 0.3) is 0 Å². The zero-order valence-electron chi connectivity index (χ0n) is 10.0. The van der Waals surface area contributed by atoms with Crippen molar-refractivity contribution >= 4 is 38.3 Å². The normalized spacial score (nSPS) is 11.3. The molecule has 2 aromatic rings. The molecule has 0 radical (unpaired) electrons. The van der Waals surface area contributed by atoms with Crippen molar-refractivity contribution in [3.8, 4) is 0 Å². The van der Waals surface area contributed by atoms with Gasteiger partial charge in [0.25, 0.3) is 10.0 Å². The lowest BCUT2D eigenvalue weighted by Crippen LogP contribution is -2.13. The number of aryl methyl sites for hydroxylation is 1. The van der Waals surface area contributed by atoms with E-state index in [1.165, 1.54) is 24.3 Å². The second-order valence-electron chi connectivity index (χ2n) is 4.04. The first kappa shape index (κ1) is 14.3. The summed E-state index contributed by atoms with van der Waals surface area (Å²) < 4.78 is 40.4. The molecule has 1 N–H and O–H groups in total. The molecule has 0 fully saturated rings. The van der Waals surface area contributed by atoms with E-state index in [0.29, 0.717) is 3.57 Å². The van der Waals surface area contributed by atoms with E-state index in [2.05, 4.69) is 4.72 Å². The minimum absolute atomic E-state index is 0.151. The molecule has 19 heavy (non-hydrogen) atoms. The number of sulfonamides is 1. The minimum atomic E-state index is -3.69. The Kier molecular flexibility index (Phi) is 4.10. The van der Waals surface area contributed by atoms with E-state index in [9.17, 15) is 12.8 Å². The summed E-state index contributed by atoms with van der Waals surface area (Å²) in [6.07, 6.45) is 0. The van der Waals surface area contributed by atoms with Crippen molar-refractivity contribution in [3.63, 3.8) is 0 Å². The van der Waals surface area contributed by atoms with Gasteiger partial charge in [-0.2, -0.15) is 0 Å². The molecular formula is C13H11FINO2S. The topological polar surface area (TPSA) is 46.2 Å². The van der Waals surface area contributed by atoms with Crippen molar-refractivity contribution in [3.05, 3.63) is 57.4 Å². The third kappa shape index (κ3) is 3.44. The van der Waals surface area contributed by atoms with Crippen LogP contribution in [-0.2, 0) is 10.0 Å². The highest BCUT2D eigenvalue weighted by Gasteiger charge is 2.15. The van der Waals surface area contributed by atoms with E-state index < -0.39 is 15.8 Å². The Morgan fingerprint density at radius 2 is 1.74 bits per heavy atom. The Labute approximate surface area is 125 Å². The van der Waals surface area contributed by atoms with Gasteiger partial charge in [0, 0.05) is 3.57 Å². The van der Waals surface area contributed by atoms with Gasteiger partial charge in [-0.1, -0.05) is 17.7 Å². The summed E-state index contributed by atoms with van der Waals surface area (Å²) in [6, 6.07) is 10.4. The first-order valence-corrected chi connectivity index (χ1v) is 7.99. The average Bonchev–Trinajstić information content (AvgIpc) is 2.34. The molecule has 0 spiro atoms. The van der Waals surface area contributed by atoms with Gasteiger partial charge in [-0.15, -0.1) is 0 Å². The van der Waals surface area contributed by atoms with E-state index in [0.717, 1.165) is 11.6 Å². The van der Waals surface area contributed by atoms with E-state index in [-0.39, 0.29) is 10.6 Å². The number of rotatable bonds is 3. The molecule has 2 aromatic carbocycles. The van der Waals surface area contributed by atoms with Crippen molar-refractivity contribution in [2.75, 3.05) is 4.72 Å². The quantitative estimate of drug-likeness (QED) is 0.814. The van der Waals surface area contributed by atoms with Crippen LogP contribution in [0.4, 0.5) is 10.1 Å². The predicted octanol–water partition coefficient (Wildman–Crippen LogP) is 3.54. The van der Waals surface area contributed by atoms with Crippen LogP contribution < -0.4 is 4.72 Å². The lowest BCUT2D eigenvalue weighted by Gasteiger charge is -2.10. The lowest BCUT2D eigenvalue weighted by atomic mass is 10.2. The van der Waals surface area contributed by atoms with Gasteiger partial charge < -0.3 is 0 Å². The molecule has 0 saturated heterocycles. The fourth-order valence-corrected chi connectivity index (χ4v) is 3.22. The minimum Gasteiger partial charge on any atom is -0.278 e. The van der Waals surface area contributed by atoms with Crippen LogP contribution in [0.2, 0.25) is 0 Å². The molecule has 2 rings (SSSR count). The van der Waals surface area contributed by atoms with Crippen molar-refractivity contribution in [2.45, 2.75) is 11.8 Å². The smallest absolute Gasteiger partial charge is 0.261 e. The fraction of sp³-hybridized carbons (Fsp3) is 0.0769. The molecule has 0 unspecified atom stereocenters. The summed E-state index contributed by atoms with van der Waals surface area (Å²) in [5, 5.41) is 0. The molecule has 3 nitrogen and oxygen atoms in total. The summed E-state index contributed by atoms with van der Waals surface area (Å²) in [4.78, 5) is 0.151. The first-order valence-electron chi connectivity index (χ1n) is 5.43. The summed E-state index contributed by atoms with van der Waals surface area (Å²) in [5.41, 5.74) is 1.21. The third-order valence-electron chi connectivity index (χ3n) is 2.50. The van der Waals surface area contributed by atoms with Gasteiger partial charge in [0.2, 0.25) is 0 Å². The van der Waals surface area contributed by atoms with Crippen molar-refractivity contribution in [1.29, 1.82) is 0 Å². The number of hydrogen-bond acceptors (Lipinski definition) is 2. The van der Waals surface area contributed by atoms with E-state index >= 15 is 0 Å². The molecule has 0 heterocycles. The van der Waals surface area contributed by atoms with Crippen LogP contribution in [0.5, 0.6) is 0 Å². The molecule has 0 aliphatic carbocycles. The van der Waals surface area contributed by atoms with Crippen LogP contribution in [0.1, 0.15) is 5.56 Å². The van der Waals surface area contributed by atoms with Crippen molar-refractivity contribution < 1.29 is 12.8 Å². The zero-order chi connectivity index (χ0) is 14.0. The molecular weight excluding hydrogens is 380 g/mol. The van der Waals surface area contributed by atoms with Crippen LogP contribution in [0, 0.1) is 16.3 Å². The molecule has 0 saturated carbocycles. The average molecular weight is 391 g/mol. The molecule has 0 aliphatic heterocycles. The van der Waals surface area contributed by atoms with E-state index in [1.54, 1.807) is 12.1 Å². The van der Waals surface area contributed by atoms with Gasteiger partial charge in [0.1, 0.15) is 5.82 Å². The number of hydrogen-bond donors (Lipinski definition) is 1. The second-order valence-corrected chi connectivity index (χ2v) is 6.89. The maximum absolute atomic E-state index is 13.1. The summed E-state index contributed by atoms with van der Waals surface area (Å²) >= 11 is 1.95. The van der Waals surface area contributed by atoms with Gasteiger partial charge in [-0.25, -0.2) is 12.8 Å². The summed E-state index contributed by atoms with van der Waals surface area (Å²) in [5.74, 6) is -0.484. The second kappa shape index (κ2) is 5.46. The standard InChI is InChI=1S/C13H11FINO2S/c1-9-2-5-11(6-3-9)19(17,18)16-13-8-10(14)4-7-12(13)15/h2-8,16H,1H3. The number of anilines is 1. The van der Waals surface area contributed by atoms with Crippen LogP contribution in [0.15, 0.2) is 47.4 Å². The Bertz CT molecular complexity index is 699. The van der Waals surface area contributed by atoms with Crippen molar-refractivity contribution in [2.24, 2.45) is 0 Å². The molecule has 0 aliphatic rings. The van der Waals surface area contributed by atoms with Gasteiger partial charge >= 0.3 is 0 Å². The number of nitrogens with one attached hydrogen (secondary N) is 1. The van der Waals surface area contributed by atoms with Gasteiger partial charge in [-0.3, -0.25) is 4.72 Å². The SMILES string of the molecule is Cc1ccc(S(=O)(=O)Nc2cc(F)ccc2I)cc1. The van der Waals surface area contributed by atoms with Crippen LogP contribution in [-0.4, -0.2) is 8.42 Å². The monoisotopic (exact) mass is 391 g/mol. The highest BCUT2D eigenvalue weighted by atomic mass is 127. The first-order chi connectivity index (χ1) is 8.88. The van der Waals surface area contributed by atoms with Gasteiger partial charge in [0.15, 0.2) is 0 Å². The number of halogens is 2.